The van der Waals surface area contributed by atoms with Crippen LogP contribution in [0.2, 0.25) is 0 Å². The second-order valence-corrected chi connectivity index (χ2v) is 11.5. The van der Waals surface area contributed by atoms with E-state index in [1.165, 1.54) is 49.1 Å². The molecule has 1 fully saturated rings. The number of carbonyl (C=O) groups is 2. The van der Waals surface area contributed by atoms with Crippen molar-refractivity contribution < 1.29 is 27.5 Å². The van der Waals surface area contributed by atoms with E-state index in [1.54, 1.807) is 16.9 Å². The minimum Gasteiger partial charge on any atom is -0.406 e. The van der Waals surface area contributed by atoms with Crippen LogP contribution in [0.1, 0.15) is 71.2 Å². The number of amides is 2. The minimum absolute atomic E-state index is 0.00397. The molecule has 0 spiro atoms. The molecule has 13 heteroatoms. The lowest BCUT2D eigenvalue weighted by atomic mass is 9.95. The molecule has 2 amide bonds. The van der Waals surface area contributed by atoms with E-state index in [1.807, 2.05) is 12.1 Å². The van der Waals surface area contributed by atoms with Crippen LogP contribution < -0.4 is 15.4 Å². The number of aromatic nitrogens is 5. The number of unbranched alkanes of at least 4 members (excludes halogenated alkanes) is 1. The van der Waals surface area contributed by atoms with Gasteiger partial charge in [0, 0.05) is 37.7 Å². The van der Waals surface area contributed by atoms with Crippen LogP contribution in [0, 0.1) is 5.92 Å². The van der Waals surface area contributed by atoms with Crippen LogP contribution in [0.25, 0.3) is 5.57 Å². The van der Waals surface area contributed by atoms with Crippen LogP contribution in [-0.2, 0) is 30.7 Å². The van der Waals surface area contributed by atoms with Gasteiger partial charge in [-0.05, 0) is 85.1 Å². The highest BCUT2D eigenvalue weighted by Crippen LogP contribution is 2.48. The molecule has 0 radical (unpaired) electrons. The third-order valence-corrected chi connectivity index (χ3v) is 7.86. The average molecular weight is 632 g/mol. The summed E-state index contributed by atoms with van der Waals surface area (Å²) in [5, 5.41) is 22.5. The molecule has 2 aliphatic carbocycles. The Morgan fingerprint density at radius 1 is 1.02 bits per heavy atom. The van der Waals surface area contributed by atoms with E-state index in [2.05, 4.69) is 54.1 Å². The molecule has 6 rings (SSSR count). The van der Waals surface area contributed by atoms with Crippen molar-refractivity contribution in [1.82, 2.24) is 30.5 Å². The summed E-state index contributed by atoms with van der Waals surface area (Å²) in [6, 6.07) is 15.5. The maximum absolute atomic E-state index is 12.5. The van der Waals surface area contributed by atoms with Gasteiger partial charge >= 0.3 is 6.36 Å². The standard InChI is InChI=1S/C33H32F3N7O3/c1-20(44)38-24-12-10-23(11-13-24)31-27(22-8-9-22)17-29-28(31)16-25(39-40-29)6-2-3-14-43-19-30(41-42-43)32(45)37-18-21-5-4-7-26(15-21)46-33(34,35)36/h4-5,7,10-13,15-16,19,22H,2-3,6,8-9,14,17-18H2,1H3,(H,37,45)(H,38,44). The molecule has 2 heterocycles. The maximum Gasteiger partial charge on any atom is 0.573 e. The Bertz CT molecular complexity index is 1780. The van der Waals surface area contributed by atoms with E-state index in [-0.39, 0.29) is 23.9 Å². The van der Waals surface area contributed by atoms with E-state index in [0.717, 1.165) is 53.9 Å². The zero-order valence-electron chi connectivity index (χ0n) is 25.1. The number of anilines is 1. The summed E-state index contributed by atoms with van der Waals surface area (Å²) in [5.41, 5.74) is 8.14. The van der Waals surface area contributed by atoms with Crippen molar-refractivity contribution >= 4 is 23.1 Å². The summed E-state index contributed by atoms with van der Waals surface area (Å²) in [6.07, 6.45) is 2.28. The van der Waals surface area contributed by atoms with Gasteiger partial charge in [0.05, 0.1) is 17.6 Å². The van der Waals surface area contributed by atoms with Gasteiger partial charge in [-0.15, -0.1) is 18.3 Å². The number of allylic oxidation sites excluding steroid dienone is 1. The van der Waals surface area contributed by atoms with Gasteiger partial charge in [0.2, 0.25) is 5.91 Å². The molecule has 2 aliphatic rings. The van der Waals surface area contributed by atoms with Crippen LogP contribution in [0.5, 0.6) is 5.75 Å². The number of hydrogen-bond donors (Lipinski definition) is 2. The minimum atomic E-state index is -4.79. The lowest BCUT2D eigenvalue weighted by Crippen LogP contribution is -2.23. The van der Waals surface area contributed by atoms with Gasteiger partial charge < -0.3 is 15.4 Å². The number of carbonyl (C=O) groups excluding carboxylic acids is 2. The van der Waals surface area contributed by atoms with Gasteiger partial charge in [-0.25, -0.2) is 0 Å². The van der Waals surface area contributed by atoms with Gasteiger partial charge in [0.15, 0.2) is 5.69 Å². The molecule has 4 aromatic rings. The van der Waals surface area contributed by atoms with Crippen molar-refractivity contribution in [3.8, 4) is 5.75 Å². The number of aryl methyl sites for hydroxylation is 2. The van der Waals surface area contributed by atoms with E-state index >= 15 is 0 Å². The summed E-state index contributed by atoms with van der Waals surface area (Å²) in [7, 11) is 0. The highest BCUT2D eigenvalue weighted by Gasteiger charge is 2.35. The normalized spacial score (nSPS) is 14.3. The zero-order chi connectivity index (χ0) is 32.3. The number of fused-ring (bicyclic) bond motifs is 1. The second-order valence-electron chi connectivity index (χ2n) is 11.5. The lowest BCUT2D eigenvalue weighted by molar-refractivity contribution is -0.274. The number of ether oxygens (including phenoxy) is 1. The Hall–Kier alpha value is -5.07. The number of benzene rings is 2. The number of halogens is 3. The summed E-state index contributed by atoms with van der Waals surface area (Å²) in [5.74, 6) is -0.360. The Morgan fingerprint density at radius 2 is 1.83 bits per heavy atom. The molecule has 46 heavy (non-hydrogen) atoms. The maximum atomic E-state index is 12.5. The average Bonchev–Trinajstić information content (AvgIpc) is 3.63. The smallest absolute Gasteiger partial charge is 0.406 e. The Morgan fingerprint density at radius 3 is 2.57 bits per heavy atom. The number of nitrogens with one attached hydrogen (secondary N) is 2. The fraction of sp³-hybridized carbons (Fsp3) is 0.333. The largest absolute Gasteiger partial charge is 0.573 e. The van der Waals surface area contributed by atoms with Gasteiger partial charge in [-0.1, -0.05) is 35.1 Å². The van der Waals surface area contributed by atoms with Crippen LogP contribution >= 0.6 is 0 Å². The van der Waals surface area contributed by atoms with Gasteiger partial charge in [-0.3, -0.25) is 14.3 Å². The van der Waals surface area contributed by atoms with Crippen molar-refractivity contribution in [3.63, 3.8) is 0 Å². The first-order valence-electron chi connectivity index (χ1n) is 15.1. The number of nitrogens with zero attached hydrogens (tertiary/aromatic N) is 5. The van der Waals surface area contributed by atoms with Crippen molar-refractivity contribution in [2.24, 2.45) is 5.92 Å². The van der Waals surface area contributed by atoms with Gasteiger partial charge in [-0.2, -0.15) is 10.2 Å². The summed E-state index contributed by atoms with van der Waals surface area (Å²) in [6.45, 7) is 2.05. The third kappa shape index (κ3) is 7.76. The Labute approximate surface area is 263 Å². The fourth-order valence-electron chi connectivity index (χ4n) is 5.63. The molecular weight excluding hydrogens is 599 g/mol. The fourth-order valence-corrected chi connectivity index (χ4v) is 5.63. The van der Waals surface area contributed by atoms with Crippen LogP contribution in [0.4, 0.5) is 18.9 Å². The molecule has 0 saturated heterocycles. The Kier molecular flexibility index (Phi) is 8.82. The molecule has 0 bridgehead atoms. The van der Waals surface area contributed by atoms with Crippen molar-refractivity contribution in [2.75, 3.05) is 5.32 Å². The highest BCUT2D eigenvalue weighted by atomic mass is 19.4. The number of hydrogen-bond acceptors (Lipinski definition) is 7. The molecule has 2 aromatic carbocycles. The molecule has 1 saturated carbocycles. The molecule has 2 N–H and O–H groups in total. The second kappa shape index (κ2) is 13.1. The van der Waals surface area contributed by atoms with Crippen molar-refractivity contribution in [1.29, 1.82) is 0 Å². The molecule has 10 nitrogen and oxygen atoms in total. The van der Waals surface area contributed by atoms with Crippen LogP contribution in [0.15, 0.2) is 66.4 Å². The topological polar surface area (TPSA) is 124 Å². The first-order chi connectivity index (χ1) is 22.1. The zero-order valence-corrected chi connectivity index (χ0v) is 25.1. The molecular formula is C33H32F3N7O3. The van der Waals surface area contributed by atoms with E-state index in [4.69, 9.17) is 0 Å². The summed E-state index contributed by atoms with van der Waals surface area (Å²) < 4.78 is 43.0. The highest BCUT2D eigenvalue weighted by molar-refractivity contribution is 5.92. The first-order valence-corrected chi connectivity index (χ1v) is 15.1. The molecule has 0 aliphatic heterocycles. The summed E-state index contributed by atoms with van der Waals surface area (Å²) in [4.78, 5) is 24.0. The molecule has 0 atom stereocenters. The van der Waals surface area contributed by atoms with Crippen molar-refractivity contribution in [3.05, 3.63) is 100 Å². The van der Waals surface area contributed by atoms with E-state index < -0.39 is 12.3 Å². The first kappa shape index (κ1) is 30.9. The van der Waals surface area contributed by atoms with Gasteiger partial charge in [0.25, 0.3) is 5.91 Å². The SMILES string of the molecule is CC(=O)Nc1ccc(C2=C(C3CC3)Cc3nnc(CCCCn4cc(C(=O)NCc5cccc(OC(F)(F)F)c5)nn4)cc32)cc1. The number of rotatable bonds is 12. The lowest BCUT2D eigenvalue weighted by Gasteiger charge is -2.11. The quantitative estimate of drug-likeness (QED) is 0.194. The monoisotopic (exact) mass is 631 g/mol. The van der Waals surface area contributed by atoms with Crippen LogP contribution in [-0.4, -0.2) is 43.4 Å². The van der Waals surface area contributed by atoms with Gasteiger partial charge in [0.1, 0.15) is 5.75 Å². The van der Waals surface area contributed by atoms with Crippen molar-refractivity contribution in [2.45, 2.75) is 64.9 Å². The van der Waals surface area contributed by atoms with E-state index in [9.17, 15) is 22.8 Å². The third-order valence-electron chi connectivity index (χ3n) is 7.86. The predicted octanol–water partition coefficient (Wildman–Crippen LogP) is 5.65. The number of alkyl halides is 3. The summed E-state index contributed by atoms with van der Waals surface area (Å²) >= 11 is 0. The Balaban J connectivity index is 1.02. The predicted molar refractivity (Wildman–Crippen MR) is 162 cm³/mol. The molecule has 0 unspecified atom stereocenters. The van der Waals surface area contributed by atoms with E-state index in [0.29, 0.717) is 18.0 Å². The van der Waals surface area contributed by atoms with Crippen LogP contribution in [0.3, 0.4) is 0 Å². The molecule has 238 valence electrons. The molecule has 2 aromatic heterocycles.